The van der Waals surface area contributed by atoms with Gasteiger partial charge in [-0.1, -0.05) is 29.8 Å². The van der Waals surface area contributed by atoms with E-state index >= 15 is 0 Å². The van der Waals surface area contributed by atoms with E-state index in [-0.39, 0.29) is 12.5 Å². The fraction of sp³-hybridized carbons (Fsp3) is 0.333. The van der Waals surface area contributed by atoms with Crippen LogP contribution >= 0.6 is 23.8 Å². The normalized spacial score (nSPS) is 10.3. The molecule has 0 aliphatic rings. The molecule has 0 unspecified atom stereocenters. The van der Waals surface area contributed by atoms with E-state index in [2.05, 4.69) is 10.6 Å². The van der Waals surface area contributed by atoms with Crippen molar-refractivity contribution in [3.8, 4) is 11.5 Å². The molecule has 0 saturated carbocycles. The summed E-state index contributed by atoms with van der Waals surface area (Å²) in [4.78, 5) is 14.4. The number of thiocarbonyl (C=S) groups is 1. The Morgan fingerprint density at radius 3 is 2.28 bits per heavy atom. The predicted octanol–water partition coefficient (Wildman–Crippen LogP) is 4.63. The van der Waals surface area contributed by atoms with E-state index in [0.29, 0.717) is 33.9 Å². The average Bonchev–Trinajstić information content (AvgIpc) is 2.69. The van der Waals surface area contributed by atoms with E-state index in [1.165, 1.54) is 7.11 Å². The fourth-order valence-corrected chi connectivity index (χ4v) is 3.38. The average molecular weight is 436 g/mol. The highest BCUT2D eigenvalue weighted by Gasteiger charge is 2.17. The topological polar surface area (TPSA) is 62.8 Å². The van der Waals surface area contributed by atoms with E-state index in [0.717, 1.165) is 16.8 Å². The van der Waals surface area contributed by atoms with Gasteiger partial charge in [0, 0.05) is 24.4 Å². The molecule has 0 heterocycles. The molecule has 0 aliphatic carbocycles. The maximum atomic E-state index is 12.6. The van der Waals surface area contributed by atoms with Crippen molar-refractivity contribution < 1.29 is 14.3 Å². The van der Waals surface area contributed by atoms with Crippen LogP contribution in [0.5, 0.6) is 11.5 Å². The second-order valence-electron chi connectivity index (χ2n) is 6.45. The quantitative estimate of drug-likeness (QED) is 0.618. The van der Waals surface area contributed by atoms with Gasteiger partial charge in [0.2, 0.25) is 5.91 Å². The molecule has 0 spiro atoms. The Morgan fingerprint density at radius 2 is 1.72 bits per heavy atom. The Balaban J connectivity index is 2.12. The Morgan fingerprint density at radius 1 is 1.10 bits per heavy atom. The lowest BCUT2D eigenvalue weighted by molar-refractivity contribution is -0.116. The van der Waals surface area contributed by atoms with E-state index in [4.69, 9.17) is 33.3 Å². The number of amides is 1. The van der Waals surface area contributed by atoms with Crippen molar-refractivity contribution in [1.82, 2.24) is 4.90 Å². The van der Waals surface area contributed by atoms with Gasteiger partial charge in [-0.25, -0.2) is 0 Å². The second kappa shape index (κ2) is 10.3. The molecular formula is C21H26ClN3O3S. The molecule has 2 N–H and O–H groups in total. The minimum Gasteiger partial charge on any atom is -0.495 e. The van der Waals surface area contributed by atoms with Crippen molar-refractivity contribution in [2.75, 3.05) is 37.9 Å². The van der Waals surface area contributed by atoms with Gasteiger partial charge < -0.3 is 25.0 Å². The largest absolute Gasteiger partial charge is 0.495 e. The first-order chi connectivity index (χ1) is 13.8. The van der Waals surface area contributed by atoms with Gasteiger partial charge in [0.1, 0.15) is 11.5 Å². The number of ether oxygens (including phenoxy) is 2. The number of hydrogen-bond donors (Lipinski definition) is 2. The maximum Gasteiger partial charge on any atom is 0.243 e. The monoisotopic (exact) mass is 435 g/mol. The van der Waals surface area contributed by atoms with E-state index in [1.54, 1.807) is 24.1 Å². The van der Waals surface area contributed by atoms with Crippen LogP contribution in [-0.2, 0) is 4.79 Å². The highest BCUT2D eigenvalue weighted by Crippen LogP contribution is 2.36. The Hall–Kier alpha value is -2.51. The highest BCUT2D eigenvalue weighted by atomic mass is 35.5. The highest BCUT2D eigenvalue weighted by molar-refractivity contribution is 7.80. The second-order valence-corrected chi connectivity index (χ2v) is 7.24. The number of para-hydroxylation sites is 1. The van der Waals surface area contributed by atoms with Crippen molar-refractivity contribution in [2.24, 2.45) is 0 Å². The van der Waals surface area contributed by atoms with Crippen LogP contribution in [0.3, 0.4) is 0 Å². The SMILES string of the molecule is CCN(CC(=O)Nc1c(C)cccc1C)C(=S)Nc1cc(OC)c(Cl)cc1OC. The van der Waals surface area contributed by atoms with Gasteiger partial charge in [-0.3, -0.25) is 4.79 Å². The van der Waals surface area contributed by atoms with Gasteiger partial charge in [-0.2, -0.15) is 0 Å². The zero-order valence-corrected chi connectivity index (χ0v) is 18.8. The number of hydrogen-bond acceptors (Lipinski definition) is 4. The van der Waals surface area contributed by atoms with Gasteiger partial charge in [0.05, 0.1) is 31.5 Å². The van der Waals surface area contributed by atoms with Crippen molar-refractivity contribution in [3.05, 3.63) is 46.5 Å². The number of nitrogens with one attached hydrogen (secondary N) is 2. The number of nitrogens with zero attached hydrogens (tertiary/aromatic N) is 1. The number of carbonyl (C=O) groups excluding carboxylic acids is 1. The lowest BCUT2D eigenvalue weighted by atomic mass is 10.1. The molecule has 0 bridgehead atoms. The summed E-state index contributed by atoms with van der Waals surface area (Å²) in [6.45, 7) is 6.53. The van der Waals surface area contributed by atoms with E-state index in [9.17, 15) is 4.79 Å². The summed E-state index contributed by atoms with van der Waals surface area (Å²) in [5, 5.41) is 6.93. The van der Waals surface area contributed by atoms with Crippen LogP contribution < -0.4 is 20.1 Å². The van der Waals surface area contributed by atoms with Crippen molar-refractivity contribution in [3.63, 3.8) is 0 Å². The van der Waals surface area contributed by atoms with Crippen LogP contribution in [0.25, 0.3) is 0 Å². The van der Waals surface area contributed by atoms with Crippen LogP contribution in [0.15, 0.2) is 30.3 Å². The first-order valence-corrected chi connectivity index (χ1v) is 9.92. The number of methoxy groups -OCH3 is 2. The lowest BCUT2D eigenvalue weighted by Gasteiger charge is -2.25. The van der Waals surface area contributed by atoms with E-state index < -0.39 is 0 Å². The van der Waals surface area contributed by atoms with Gasteiger partial charge in [-0.05, 0) is 44.1 Å². The molecule has 2 aromatic carbocycles. The third-order valence-electron chi connectivity index (χ3n) is 4.46. The number of anilines is 2. The molecule has 0 fully saturated rings. The summed E-state index contributed by atoms with van der Waals surface area (Å²) in [6, 6.07) is 9.25. The molecule has 2 rings (SSSR count). The smallest absolute Gasteiger partial charge is 0.243 e. The molecule has 29 heavy (non-hydrogen) atoms. The zero-order valence-electron chi connectivity index (χ0n) is 17.3. The third kappa shape index (κ3) is 5.74. The Labute approximate surface area is 182 Å². The van der Waals surface area contributed by atoms with Crippen LogP contribution in [0.4, 0.5) is 11.4 Å². The molecule has 0 aliphatic heterocycles. The first-order valence-electron chi connectivity index (χ1n) is 9.14. The van der Waals surface area contributed by atoms with Crippen molar-refractivity contribution in [1.29, 1.82) is 0 Å². The molecule has 1 amide bonds. The number of rotatable bonds is 7. The molecule has 0 atom stereocenters. The molecule has 156 valence electrons. The summed E-state index contributed by atoms with van der Waals surface area (Å²) in [5.74, 6) is 0.872. The summed E-state index contributed by atoms with van der Waals surface area (Å²) in [5.41, 5.74) is 3.46. The number of halogens is 1. The summed E-state index contributed by atoms with van der Waals surface area (Å²) in [6.07, 6.45) is 0. The van der Waals surface area contributed by atoms with Gasteiger partial charge >= 0.3 is 0 Å². The summed E-state index contributed by atoms with van der Waals surface area (Å²) >= 11 is 11.7. The standard InChI is InChI=1S/C21H26ClN3O3S/c1-6-25(12-19(26)24-20-13(2)8-7-9-14(20)3)21(29)23-16-11-17(27-4)15(22)10-18(16)28-5/h7-11H,6,12H2,1-5H3,(H,23,29)(H,24,26). The Kier molecular flexibility index (Phi) is 8.10. The van der Waals surface area contributed by atoms with Gasteiger partial charge in [0.25, 0.3) is 0 Å². The number of aryl methyl sites for hydroxylation is 2. The molecule has 2 aromatic rings. The molecule has 0 radical (unpaired) electrons. The molecule has 0 saturated heterocycles. The van der Waals surface area contributed by atoms with Gasteiger partial charge in [0.15, 0.2) is 5.11 Å². The van der Waals surface area contributed by atoms with Crippen molar-refractivity contribution in [2.45, 2.75) is 20.8 Å². The number of benzene rings is 2. The number of carbonyl (C=O) groups is 1. The van der Waals surface area contributed by atoms with Crippen LogP contribution in [0, 0.1) is 13.8 Å². The maximum absolute atomic E-state index is 12.6. The molecule has 0 aromatic heterocycles. The molecular weight excluding hydrogens is 410 g/mol. The summed E-state index contributed by atoms with van der Waals surface area (Å²) in [7, 11) is 3.08. The first kappa shape index (κ1) is 22.8. The van der Waals surface area contributed by atoms with Crippen LogP contribution in [0.1, 0.15) is 18.1 Å². The van der Waals surface area contributed by atoms with Crippen LogP contribution in [-0.4, -0.2) is 43.2 Å². The molecule has 6 nitrogen and oxygen atoms in total. The predicted molar refractivity (Wildman–Crippen MR) is 123 cm³/mol. The third-order valence-corrected chi connectivity index (χ3v) is 5.12. The van der Waals surface area contributed by atoms with Crippen molar-refractivity contribution >= 4 is 46.2 Å². The summed E-state index contributed by atoms with van der Waals surface area (Å²) < 4.78 is 10.6. The minimum absolute atomic E-state index is 0.114. The van der Waals surface area contributed by atoms with Crippen LogP contribution in [0.2, 0.25) is 5.02 Å². The number of likely N-dealkylation sites (N-methyl/N-ethyl adjacent to an activating group) is 1. The lowest BCUT2D eigenvalue weighted by Crippen LogP contribution is -2.40. The van der Waals surface area contributed by atoms with E-state index in [1.807, 2.05) is 39.0 Å². The van der Waals surface area contributed by atoms with Gasteiger partial charge in [-0.15, -0.1) is 0 Å². The minimum atomic E-state index is -0.144. The zero-order chi connectivity index (χ0) is 21.6. The molecule has 8 heteroatoms. The Bertz CT molecular complexity index is 885. The fourth-order valence-electron chi connectivity index (χ4n) is 2.84.